The number of pyridine rings is 1. The number of nitrogens with one attached hydrogen (secondary N) is 1. The van der Waals surface area contributed by atoms with Crippen molar-refractivity contribution in [2.75, 3.05) is 37.0 Å². The van der Waals surface area contributed by atoms with Gasteiger partial charge in [0.2, 0.25) is 21.9 Å². The van der Waals surface area contributed by atoms with Crippen LogP contribution in [0.25, 0.3) is 22.0 Å². The highest BCUT2D eigenvalue weighted by atomic mass is 32.2. The van der Waals surface area contributed by atoms with E-state index in [1.54, 1.807) is 12.3 Å². The lowest BCUT2D eigenvalue weighted by atomic mass is 10.0. The third kappa shape index (κ3) is 4.62. The lowest BCUT2D eigenvalue weighted by Crippen LogP contribution is -2.16. The Labute approximate surface area is 179 Å². The molecule has 10 nitrogen and oxygen atoms in total. The molecule has 2 aromatic heterocycles. The minimum atomic E-state index is -3.52. The molecule has 0 amide bonds. The fourth-order valence-electron chi connectivity index (χ4n) is 3.46. The molecule has 164 valence electrons. The molecule has 3 N–H and O–H groups in total. The zero-order valence-electron chi connectivity index (χ0n) is 17.4. The number of nitrogen functional groups attached to an aromatic ring is 1. The molecule has 31 heavy (non-hydrogen) atoms. The Balaban J connectivity index is 1.86. The number of methoxy groups -OCH3 is 1. The van der Waals surface area contributed by atoms with Crippen LogP contribution in [-0.4, -0.2) is 56.1 Å². The van der Waals surface area contributed by atoms with E-state index in [1.165, 1.54) is 7.11 Å². The van der Waals surface area contributed by atoms with Crippen LogP contribution in [0, 0.1) is 6.92 Å². The number of hydrogen-bond acceptors (Lipinski definition) is 9. The van der Waals surface area contributed by atoms with Crippen LogP contribution >= 0.6 is 0 Å². The average molecular weight is 446 g/mol. The largest absolute Gasteiger partial charge is 0.486 e. The second-order valence-electron chi connectivity index (χ2n) is 7.30. The Hall–Kier alpha value is -3.18. The molecule has 1 fully saturated rings. The van der Waals surface area contributed by atoms with E-state index in [4.69, 9.17) is 19.9 Å². The van der Waals surface area contributed by atoms with Crippen LogP contribution in [0.3, 0.4) is 0 Å². The number of hydrogen-bond donors (Lipinski definition) is 2. The number of sulfonamides is 1. The highest BCUT2D eigenvalue weighted by Crippen LogP contribution is 2.36. The van der Waals surface area contributed by atoms with Crippen LogP contribution in [0.2, 0.25) is 0 Å². The van der Waals surface area contributed by atoms with E-state index < -0.39 is 10.0 Å². The lowest BCUT2D eigenvalue weighted by Gasteiger charge is -2.17. The van der Waals surface area contributed by atoms with E-state index in [0.29, 0.717) is 35.7 Å². The summed E-state index contributed by atoms with van der Waals surface area (Å²) in [6.07, 6.45) is 3.35. The summed E-state index contributed by atoms with van der Waals surface area (Å²) in [6.45, 7) is 2.98. The highest BCUT2D eigenvalue weighted by Gasteiger charge is 2.21. The molecule has 3 aromatic rings. The normalized spacial score (nSPS) is 16.4. The molecule has 1 atom stereocenters. The number of fused-ring (bicyclic) bond motifs is 1. The predicted octanol–water partition coefficient (Wildman–Crippen LogP) is 2.13. The summed E-state index contributed by atoms with van der Waals surface area (Å²) in [4.78, 5) is 12.9. The lowest BCUT2D eigenvalue weighted by molar-refractivity contribution is 0.142. The van der Waals surface area contributed by atoms with Crippen LogP contribution in [-0.2, 0) is 14.8 Å². The Bertz CT molecular complexity index is 1240. The maximum Gasteiger partial charge on any atom is 0.238 e. The van der Waals surface area contributed by atoms with E-state index in [9.17, 15) is 8.42 Å². The van der Waals surface area contributed by atoms with Crippen molar-refractivity contribution in [3.05, 3.63) is 30.1 Å². The maximum atomic E-state index is 11.8. The number of nitrogens with zero attached hydrogens (tertiary/aromatic N) is 3. The number of aryl methyl sites for hydroxylation is 1. The Kier molecular flexibility index (Phi) is 5.54. The van der Waals surface area contributed by atoms with Gasteiger partial charge in [0, 0.05) is 23.6 Å². The van der Waals surface area contributed by atoms with Gasteiger partial charge in [0.1, 0.15) is 23.1 Å². The van der Waals surface area contributed by atoms with Gasteiger partial charge in [-0.2, -0.15) is 0 Å². The van der Waals surface area contributed by atoms with Gasteiger partial charge in [-0.25, -0.2) is 23.4 Å². The van der Waals surface area contributed by atoms with Crippen molar-refractivity contribution in [1.82, 2.24) is 15.0 Å². The van der Waals surface area contributed by atoms with Crippen molar-refractivity contribution in [1.29, 1.82) is 0 Å². The summed E-state index contributed by atoms with van der Waals surface area (Å²) >= 11 is 0. The Morgan fingerprint density at radius 3 is 2.71 bits per heavy atom. The van der Waals surface area contributed by atoms with Crippen LogP contribution in [0.15, 0.2) is 24.4 Å². The first-order valence-electron chi connectivity index (χ1n) is 9.58. The molecule has 0 saturated carbocycles. The molecule has 0 radical (unpaired) electrons. The van der Waals surface area contributed by atoms with Gasteiger partial charge in [0.15, 0.2) is 0 Å². The van der Waals surface area contributed by atoms with Crippen molar-refractivity contribution in [2.24, 2.45) is 0 Å². The number of ether oxygens (including phenoxy) is 3. The second kappa shape index (κ2) is 8.16. The molecular weight excluding hydrogens is 422 g/mol. The van der Waals surface area contributed by atoms with E-state index in [-0.39, 0.29) is 23.6 Å². The van der Waals surface area contributed by atoms with Gasteiger partial charge in [0.05, 0.1) is 32.3 Å². The predicted molar refractivity (Wildman–Crippen MR) is 117 cm³/mol. The summed E-state index contributed by atoms with van der Waals surface area (Å²) in [7, 11) is -2.10. The molecule has 4 rings (SSSR count). The second-order valence-corrected chi connectivity index (χ2v) is 9.04. The first-order chi connectivity index (χ1) is 14.7. The van der Waals surface area contributed by atoms with Gasteiger partial charge in [-0.3, -0.25) is 4.72 Å². The summed E-state index contributed by atoms with van der Waals surface area (Å²) < 4.78 is 42.8. The Morgan fingerprint density at radius 2 is 2.03 bits per heavy atom. The maximum absolute atomic E-state index is 11.8. The van der Waals surface area contributed by atoms with Crippen molar-refractivity contribution < 1.29 is 22.6 Å². The number of aromatic nitrogens is 3. The van der Waals surface area contributed by atoms with E-state index in [1.807, 2.05) is 19.1 Å². The Morgan fingerprint density at radius 1 is 1.23 bits per heavy atom. The van der Waals surface area contributed by atoms with Crippen molar-refractivity contribution >= 4 is 32.6 Å². The van der Waals surface area contributed by atoms with Gasteiger partial charge in [-0.15, -0.1) is 0 Å². The van der Waals surface area contributed by atoms with Crippen molar-refractivity contribution in [3.63, 3.8) is 0 Å². The smallest absolute Gasteiger partial charge is 0.238 e. The minimum Gasteiger partial charge on any atom is -0.486 e. The van der Waals surface area contributed by atoms with Crippen LogP contribution in [0.4, 0.5) is 11.6 Å². The highest BCUT2D eigenvalue weighted by molar-refractivity contribution is 7.92. The van der Waals surface area contributed by atoms with Crippen LogP contribution < -0.4 is 19.9 Å². The van der Waals surface area contributed by atoms with Crippen LogP contribution in [0.5, 0.6) is 11.6 Å². The van der Waals surface area contributed by atoms with E-state index >= 15 is 0 Å². The van der Waals surface area contributed by atoms with Gasteiger partial charge < -0.3 is 19.9 Å². The third-order valence-electron chi connectivity index (χ3n) is 4.83. The zero-order valence-corrected chi connectivity index (χ0v) is 18.2. The van der Waals surface area contributed by atoms with E-state index in [0.717, 1.165) is 23.6 Å². The topological polar surface area (TPSA) is 139 Å². The van der Waals surface area contributed by atoms with Crippen molar-refractivity contribution in [2.45, 2.75) is 19.4 Å². The molecule has 1 unspecified atom stereocenters. The molecule has 1 aliphatic rings. The van der Waals surface area contributed by atoms with Gasteiger partial charge in [0.25, 0.3) is 0 Å². The quantitative estimate of drug-likeness (QED) is 0.584. The molecule has 0 spiro atoms. The summed E-state index contributed by atoms with van der Waals surface area (Å²) in [6, 6.07) is 5.39. The molecular formula is C20H23N5O5S. The molecule has 0 bridgehead atoms. The molecule has 11 heteroatoms. The zero-order chi connectivity index (χ0) is 22.2. The van der Waals surface area contributed by atoms with Gasteiger partial charge in [-0.05, 0) is 30.7 Å². The van der Waals surface area contributed by atoms with E-state index in [2.05, 4.69) is 19.7 Å². The van der Waals surface area contributed by atoms with Gasteiger partial charge in [-0.1, -0.05) is 0 Å². The standard InChI is InChI=1S/C20H23N5O5S/c1-11-15-6-12(13-7-16(25-31(3,26)27)19(28-2)22-9-13)8-17(18(15)24-20(21)23-11)30-14-4-5-29-10-14/h6-9,14,25H,4-5,10H2,1-3H3,(H2,21,23,24). The summed E-state index contributed by atoms with van der Waals surface area (Å²) in [5.41, 5.74) is 8.83. The fourth-order valence-corrected chi connectivity index (χ4v) is 4.00. The summed E-state index contributed by atoms with van der Waals surface area (Å²) in [5, 5.41) is 0.772. The minimum absolute atomic E-state index is 0.0913. The average Bonchev–Trinajstić information content (AvgIpc) is 3.20. The fraction of sp³-hybridized carbons (Fsp3) is 0.350. The van der Waals surface area contributed by atoms with Gasteiger partial charge >= 0.3 is 0 Å². The van der Waals surface area contributed by atoms with Crippen molar-refractivity contribution in [3.8, 4) is 22.8 Å². The first-order valence-corrected chi connectivity index (χ1v) is 11.5. The number of nitrogens with two attached hydrogens (primary N) is 1. The SMILES string of the molecule is COc1ncc(-c2cc(OC3CCOC3)c3nc(N)nc(C)c3c2)cc1NS(C)(=O)=O. The number of rotatable bonds is 6. The number of benzene rings is 1. The molecule has 0 aliphatic carbocycles. The molecule has 1 aromatic carbocycles. The monoisotopic (exact) mass is 445 g/mol. The molecule has 1 aliphatic heterocycles. The third-order valence-corrected chi connectivity index (χ3v) is 5.42. The summed E-state index contributed by atoms with van der Waals surface area (Å²) in [5.74, 6) is 0.881. The number of anilines is 2. The molecule has 3 heterocycles. The van der Waals surface area contributed by atoms with Crippen LogP contribution in [0.1, 0.15) is 12.1 Å². The molecule has 1 saturated heterocycles. The first kappa shape index (κ1) is 21.1.